The minimum atomic E-state index is -0.421. The van der Waals surface area contributed by atoms with Gasteiger partial charge in [-0.2, -0.15) is 10.1 Å². The molecule has 3 heterocycles. The molecule has 8 nitrogen and oxygen atoms in total. The summed E-state index contributed by atoms with van der Waals surface area (Å²) in [5.74, 6) is 1.09. The van der Waals surface area contributed by atoms with Gasteiger partial charge in [-0.25, -0.2) is 4.68 Å². The van der Waals surface area contributed by atoms with Crippen LogP contribution in [0.2, 0.25) is 0 Å². The number of allylic oxidation sites excluding steroid dienone is 1. The summed E-state index contributed by atoms with van der Waals surface area (Å²) in [4.78, 5) is 21.5. The Morgan fingerprint density at radius 2 is 2.07 bits per heavy atom. The maximum Gasteiger partial charge on any atom is 0.255 e. The van der Waals surface area contributed by atoms with E-state index in [1.807, 2.05) is 19.1 Å². The maximum absolute atomic E-state index is 13.1. The van der Waals surface area contributed by atoms with E-state index in [1.165, 1.54) is 6.33 Å². The first kappa shape index (κ1) is 16.8. The first-order valence-electron chi connectivity index (χ1n) is 8.40. The topological polar surface area (TPSA) is 94.0 Å². The minimum Gasteiger partial charge on any atom is -0.497 e. The molecule has 27 heavy (non-hydrogen) atoms. The number of hydrogen-bond acceptors (Lipinski definition) is 6. The number of amides is 1. The average Bonchev–Trinajstić information content (AvgIpc) is 3.16. The van der Waals surface area contributed by atoms with Gasteiger partial charge >= 0.3 is 0 Å². The maximum atomic E-state index is 13.1. The third kappa shape index (κ3) is 3.12. The summed E-state index contributed by atoms with van der Waals surface area (Å²) < 4.78 is 6.84. The van der Waals surface area contributed by atoms with Crippen molar-refractivity contribution in [2.45, 2.75) is 13.0 Å². The lowest BCUT2D eigenvalue weighted by Gasteiger charge is -2.28. The van der Waals surface area contributed by atoms with Crippen molar-refractivity contribution in [2.24, 2.45) is 0 Å². The zero-order valence-electron chi connectivity index (χ0n) is 14.9. The largest absolute Gasteiger partial charge is 0.497 e. The molecular formula is C19H18N6O2. The zero-order chi connectivity index (χ0) is 18.8. The van der Waals surface area contributed by atoms with Gasteiger partial charge in [-0.1, -0.05) is 6.07 Å². The van der Waals surface area contributed by atoms with Crippen molar-refractivity contribution in [3.8, 4) is 5.75 Å². The fraction of sp³-hybridized carbons (Fsp3) is 0.158. The third-order valence-corrected chi connectivity index (χ3v) is 4.39. The van der Waals surface area contributed by atoms with Gasteiger partial charge in [-0.15, -0.1) is 0 Å². The number of anilines is 2. The van der Waals surface area contributed by atoms with Crippen LogP contribution in [0.1, 0.15) is 18.5 Å². The Morgan fingerprint density at radius 3 is 2.78 bits per heavy atom. The number of carbonyl (C=O) groups is 1. The van der Waals surface area contributed by atoms with Crippen LogP contribution in [0.5, 0.6) is 5.75 Å². The number of methoxy groups -OCH3 is 1. The SMILES string of the molecule is COc1ccc(NC(=O)C2=C(C)Nc3ncnn3C2c2cccnc2)cc1. The van der Waals surface area contributed by atoms with Crippen molar-refractivity contribution in [3.05, 3.63) is 72.0 Å². The normalized spacial score (nSPS) is 15.7. The van der Waals surface area contributed by atoms with Gasteiger partial charge in [0.05, 0.1) is 12.7 Å². The number of rotatable bonds is 4. The molecular weight excluding hydrogens is 344 g/mol. The van der Waals surface area contributed by atoms with E-state index >= 15 is 0 Å². The van der Waals surface area contributed by atoms with Gasteiger partial charge in [-0.3, -0.25) is 9.78 Å². The molecule has 0 bridgehead atoms. The number of nitrogens with zero attached hydrogens (tertiary/aromatic N) is 4. The molecule has 0 saturated carbocycles. The van der Waals surface area contributed by atoms with Crippen LogP contribution >= 0.6 is 0 Å². The summed E-state index contributed by atoms with van der Waals surface area (Å²) >= 11 is 0. The van der Waals surface area contributed by atoms with E-state index in [1.54, 1.807) is 48.5 Å². The first-order chi connectivity index (χ1) is 13.2. The number of nitrogens with one attached hydrogen (secondary N) is 2. The number of carbonyl (C=O) groups excluding carboxylic acids is 1. The molecule has 1 aliphatic rings. The average molecular weight is 362 g/mol. The molecule has 4 rings (SSSR count). The monoisotopic (exact) mass is 362 g/mol. The van der Waals surface area contributed by atoms with Crippen molar-refractivity contribution in [2.75, 3.05) is 17.7 Å². The van der Waals surface area contributed by atoms with Crippen LogP contribution in [-0.4, -0.2) is 32.8 Å². The van der Waals surface area contributed by atoms with Crippen molar-refractivity contribution >= 4 is 17.5 Å². The Hall–Kier alpha value is -3.68. The molecule has 136 valence electrons. The van der Waals surface area contributed by atoms with Crippen LogP contribution in [0.3, 0.4) is 0 Å². The highest BCUT2D eigenvalue weighted by molar-refractivity contribution is 6.06. The van der Waals surface area contributed by atoms with Crippen LogP contribution in [0, 0.1) is 0 Å². The lowest BCUT2D eigenvalue weighted by molar-refractivity contribution is -0.113. The molecule has 0 aliphatic carbocycles. The standard InChI is InChI=1S/C19H18N6O2/c1-12-16(18(26)24-14-5-7-15(27-2)8-6-14)17(13-4-3-9-20-10-13)25-19(23-12)21-11-22-25/h3-11,17H,1-2H3,(H,24,26)(H,21,22,23). The fourth-order valence-corrected chi connectivity index (χ4v) is 3.10. The van der Waals surface area contributed by atoms with Gasteiger partial charge in [0.1, 0.15) is 18.1 Å². The molecule has 1 unspecified atom stereocenters. The molecule has 2 N–H and O–H groups in total. The molecule has 0 radical (unpaired) electrons. The van der Waals surface area contributed by atoms with Gasteiger partial charge < -0.3 is 15.4 Å². The Kier molecular flexibility index (Phi) is 4.29. The summed E-state index contributed by atoms with van der Waals surface area (Å²) in [5, 5.41) is 10.4. The van der Waals surface area contributed by atoms with Crippen LogP contribution in [-0.2, 0) is 4.79 Å². The summed E-state index contributed by atoms with van der Waals surface area (Å²) in [6, 6.07) is 10.5. The minimum absolute atomic E-state index is 0.222. The van der Waals surface area contributed by atoms with E-state index in [0.717, 1.165) is 17.0 Å². The lowest BCUT2D eigenvalue weighted by atomic mass is 9.96. The molecule has 1 aliphatic heterocycles. The molecule has 3 aromatic rings. The van der Waals surface area contributed by atoms with Gasteiger partial charge in [0.15, 0.2) is 0 Å². The van der Waals surface area contributed by atoms with Crippen molar-refractivity contribution in [1.82, 2.24) is 19.7 Å². The summed E-state index contributed by atoms with van der Waals surface area (Å²) in [6.45, 7) is 1.85. The van der Waals surface area contributed by atoms with E-state index < -0.39 is 6.04 Å². The predicted octanol–water partition coefficient (Wildman–Crippen LogP) is 2.61. The van der Waals surface area contributed by atoms with E-state index in [4.69, 9.17) is 4.74 Å². The van der Waals surface area contributed by atoms with Gasteiger partial charge in [0.25, 0.3) is 5.91 Å². The van der Waals surface area contributed by atoms with Crippen LogP contribution < -0.4 is 15.4 Å². The Labute approximate surface area is 155 Å². The molecule has 0 fully saturated rings. The van der Waals surface area contributed by atoms with Crippen molar-refractivity contribution < 1.29 is 9.53 Å². The van der Waals surface area contributed by atoms with Crippen LogP contribution in [0.15, 0.2) is 66.4 Å². The van der Waals surface area contributed by atoms with E-state index in [0.29, 0.717) is 17.2 Å². The lowest BCUT2D eigenvalue weighted by Crippen LogP contribution is -2.31. The van der Waals surface area contributed by atoms with Crippen molar-refractivity contribution in [3.63, 3.8) is 0 Å². The molecule has 8 heteroatoms. The van der Waals surface area contributed by atoms with E-state index in [2.05, 4.69) is 25.7 Å². The summed E-state index contributed by atoms with van der Waals surface area (Å²) in [5.41, 5.74) is 2.80. The van der Waals surface area contributed by atoms with Crippen molar-refractivity contribution in [1.29, 1.82) is 0 Å². The number of aromatic nitrogens is 4. The Morgan fingerprint density at radius 1 is 1.26 bits per heavy atom. The molecule has 1 atom stereocenters. The number of hydrogen-bond donors (Lipinski definition) is 2. The summed E-state index contributed by atoms with van der Waals surface area (Å²) in [7, 11) is 1.60. The quantitative estimate of drug-likeness (QED) is 0.741. The molecule has 1 amide bonds. The second-order valence-corrected chi connectivity index (χ2v) is 6.06. The number of fused-ring (bicyclic) bond motifs is 1. The zero-order valence-corrected chi connectivity index (χ0v) is 14.9. The first-order valence-corrected chi connectivity index (χ1v) is 8.40. The number of ether oxygens (including phenoxy) is 1. The number of pyridine rings is 1. The summed E-state index contributed by atoms with van der Waals surface area (Å²) in [6.07, 6.45) is 4.89. The van der Waals surface area contributed by atoms with Gasteiger partial charge in [0, 0.05) is 23.8 Å². The van der Waals surface area contributed by atoms with Crippen LogP contribution in [0.4, 0.5) is 11.6 Å². The Balaban J connectivity index is 1.70. The van der Waals surface area contributed by atoms with Gasteiger partial charge in [0.2, 0.25) is 5.95 Å². The molecule has 0 saturated heterocycles. The second-order valence-electron chi connectivity index (χ2n) is 6.06. The molecule has 1 aromatic carbocycles. The Bertz CT molecular complexity index is 995. The van der Waals surface area contributed by atoms with E-state index in [9.17, 15) is 4.79 Å². The predicted molar refractivity (Wildman–Crippen MR) is 100 cm³/mol. The van der Waals surface area contributed by atoms with Gasteiger partial charge in [-0.05, 0) is 42.8 Å². The smallest absolute Gasteiger partial charge is 0.255 e. The highest BCUT2D eigenvalue weighted by atomic mass is 16.5. The third-order valence-electron chi connectivity index (χ3n) is 4.39. The molecule has 2 aromatic heterocycles. The highest BCUT2D eigenvalue weighted by Gasteiger charge is 2.33. The van der Waals surface area contributed by atoms with E-state index in [-0.39, 0.29) is 5.91 Å². The number of benzene rings is 1. The fourth-order valence-electron chi connectivity index (χ4n) is 3.10. The molecule has 0 spiro atoms. The second kappa shape index (κ2) is 6.91. The highest BCUT2D eigenvalue weighted by Crippen LogP contribution is 2.34. The van der Waals surface area contributed by atoms with Crippen LogP contribution in [0.25, 0.3) is 0 Å².